The highest BCUT2D eigenvalue weighted by molar-refractivity contribution is 5.79. The Bertz CT molecular complexity index is 603. The van der Waals surface area contributed by atoms with Gasteiger partial charge in [-0.15, -0.1) is 0 Å². The van der Waals surface area contributed by atoms with Crippen molar-refractivity contribution in [1.29, 1.82) is 0 Å². The number of aromatic nitrogens is 1. The lowest BCUT2D eigenvalue weighted by Crippen LogP contribution is -2.39. The molecule has 130 valence electrons. The van der Waals surface area contributed by atoms with Crippen molar-refractivity contribution in [2.75, 3.05) is 20.1 Å². The van der Waals surface area contributed by atoms with E-state index in [9.17, 15) is 0 Å². The quantitative estimate of drug-likeness (QED) is 0.579. The van der Waals surface area contributed by atoms with Crippen molar-refractivity contribution in [2.24, 2.45) is 4.99 Å². The van der Waals surface area contributed by atoms with E-state index in [0.717, 1.165) is 37.8 Å². The first-order valence-corrected chi connectivity index (χ1v) is 8.48. The largest absolute Gasteiger partial charge is 0.491 e. The van der Waals surface area contributed by atoms with Gasteiger partial charge in [0.1, 0.15) is 5.75 Å². The lowest BCUT2D eigenvalue weighted by Gasteiger charge is -2.13. The SMILES string of the molecule is CN=C(NCCc1ccc(OC(C)C)cc1)NCCn1cccc1. The molecule has 0 aliphatic carbocycles. The minimum absolute atomic E-state index is 0.207. The molecule has 0 aliphatic heterocycles. The van der Waals surface area contributed by atoms with Gasteiger partial charge >= 0.3 is 0 Å². The molecule has 1 aromatic carbocycles. The van der Waals surface area contributed by atoms with Crippen molar-refractivity contribution in [3.8, 4) is 5.75 Å². The van der Waals surface area contributed by atoms with E-state index in [1.165, 1.54) is 5.56 Å². The fourth-order valence-corrected chi connectivity index (χ4v) is 2.38. The summed E-state index contributed by atoms with van der Waals surface area (Å²) >= 11 is 0. The molecule has 0 aliphatic rings. The minimum atomic E-state index is 0.207. The molecule has 5 heteroatoms. The monoisotopic (exact) mass is 328 g/mol. The Balaban J connectivity index is 1.67. The van der Waals surface area contributed by atoms with Crippen LogP contribution < -0.4 is 15.4 Å². The molecule has 1 heterocycles. The molecular formula is C19H28N4O. The van der Waals surface area contributed by atoms with Crippen LogP contribution in [0.15, 0.2) is 53.8 Å². The zero-order valence-electron chi connectivity index (χ0n) is 14.8. The molecule has 1 aromatic heterocycles. The summed E-state index contributed by atoms with van der Waals surface area (Å²) in [5.74, 6) is 1.76. The smallest absolute Gasteiger partial charge is 0.191 e. The number of ether oxygens (including phenoxy) is 1. The third kappa shape index (κ3) is 6.36. The van der Waals surface area contributed by atoms with Crippen LogP contribution in [-0.2, 0) is 13.0 Å². The van der Waals surface area contributed by atoms with Gasteiger partial charge in [0.05, 0.1) is 6.10 Å². The van der Waals surface area contributed by atoms with Crippen molar-refractivity contribution in [1.82, 2.24) is 15.2 Å². The second kappa shape index (κ2) is 9.65. The summed E-state index contributed by atoms with van der Waals surface area (Å²) in [5.41, 5.74) is 1.28. The molecule has 0 saturated carbocycles. The van der Waals surface area contributed by atoms with E-state index < -0.39 is 0 Å². The fourth-order valence-electron chi connectivity index (χ4n) is 2.38. The van der Waals surface area contributed by atoms with Crippen molar-refractivity contribution in [3.63, 3.8) is 0 Å². The second-order valence-corrected chi connectivity index (χ2v) is 5.91. The van der Waals surface area contributed by atoms with E-state index in [-0.39, 0.29) is 6.10 Å². The molecule has 2 rings (SSSR count). The first kappa shape index (κ1) is 17.9. The molecule has 0 saturated heterocycles. The van der Waals surface area contributed by atoms with E-state index in [0.29, 0.717) is 0 Å². The van der Waals surface area contributed by atoms with Gasteiger partial charge in [-0.3, -0.25) is 4.99 Å². The van der Waals surface area contributed by atoms with Gasteiger partial charge in [-0.05, 0) is 50.1 Å². The molecular weight excluding hydrogens is 300 g/mol. The van der Waals surface area contributed by atoms with Crippen LogP contribution in [0, 0.1) is 0 Å². The van der Waals surface area contributed by atoms with Gasteiger partial charge in [0.15, 0.2) is 5.96 Å². The molecule has 5 nitrogen and oxygen atoms in total. The summed E-state index contributed by atoms with van der Waals surface area (Å²) in [7, 11) is 1.79. The van der Waals surface area contributed by atoms with E-state index in [4.69, 9.17) is 4.74 Å². The summed E-state index contributed by atoms with van der Waals surface area (Å²) in [6.07, 6.45) is 5.27. The van der Waals surface area contributed by atoms with Gasteiger partial charge in [0, 0.05) is 39.1 Å². The van der Waals surface area contributed by atoms with Crippen LogP contribution in [-0.4, -0.2) is 36.8 Å². The molecule has 2 aromatic rings. The highest BCUT2D eigenvalue weighted by Crippen LogP contribution is 2.13. The maximum absolute atomic E-state index is 5.66. The van der Waals surface area contributed by atoms with E-state index in [1.54, 1.807) is 7.05 Å². The third-order valence-electron chi connectivity index (χ3n) is 3.55. The van der Waals surface area contributed by atoms with Crippen molar-refractivity contribution < 1.29 is 4.74 Å². The highest BCUT2D eigenvalue weighted by Gasteiger charge is 2.00. The van der Waals surface area contributed by atoms with Gasteiger partial charge in [-0.1, -0.05) is 12.1 Å². The first-order valence-electron chi connectivity index (χ1n) is 8.48. The Morgan fingerprint density at radius 3 is 2.38 bits per heavy atom. The van der Waals surface area contributed by atoms with E-state index in [1.807, 2.05) is 38.1 Å². The van der Waals surface area contributed by atoms with Gasteiger partial charge in [0.2, 0.25) is 0 Å². The number of hydrogen-bond donors (Lipinski definition) is 2. The Hall–Kier alpha value is -2.43. The summed E-state index contributed by atoms with van der Waals surface area (Å²) in [6.45, 7) is 6.67. The number of aliphatic imine (C=N–C) groups is 1. The summed E-state index contributed by atoms with van der Waals surface area (Å²) < 4.78 is 7.80. The molecule has 0 spiro atoms. The van der Waals surface area contributed by atoms with Gasteiger partial charge < -0.3 is 19.9 Å². The molecule has 2 N–H and O–H groups in total. The van der Waals surface area contributed by atoms with Crippen LogP contribution >= 0.6 is 0 Å². The van der Waals surface area contributed by atoms with Gasteiger partial charge in [-0.25, -0.2) is 0 Å². The molecule has 0 fully saturated rings. The molecule has 24 heavy (non-hydrogen) atoms. The maximum Gasteiger partial charge on any atom is 0.191 e. The van der Waals surface area contributed by atoms with Crippen LogP contribution in [0.25, 0.3) is 0 Å². The molecule has 0 atom stereocenters. The molecule has 0 unspecified atom stereocenters. The van der Waals surface area contributed by atoms with Crippen molar-refractivity contribution >= 4 is 5.96 Å². The van der Waals surface area contributed by atoms with Crippen molar-refractivity contribution in [3.05, 3.63) is 54.4 Å². The predicted octanol–water partition coefficient (Wildman–Crippen LogP) is 2.68. The Kier molecular flexibility index (Phi) is 7.21. The van der Waals surface area contributed by atoms with Crippen LogP contribution in [0.5, 0.6) is 5.75 Å². The summed E-state index contributed by atoms with van der Waals surface area (Å²) in [6, 6.07) is 12.3. The summed E-state index contributed by atoms with van der Waals surface area (Å²) in [4.78, 5) is 4.25. The number of nitrogens with zero attached hydrogens (tertiary/aromatic N) is 2. The number of benzene rings is 1. The predicted molar refractivity (Wildman–Crippen MR) is 99.7 cm³/mol. The number of hydrogen-bond acceptors (Lipinski definition) is 2. The number of guanidine groups is 1. The topological polar surface area (TPSA) is 50.6 Å². The molecule has 0 amide bonds. The third-order valence-corrected chi connectivity index (χ3v) is 3.55. The van der Waals surface area contributed by atoms with Gasteiger partial charge in [-0.2, -0.15) is 0 Å². The highest BCUT2D eigenvalue weighted by atomic mass is 16.5. The van der Waals surface area contributed by atoms with Gasteiger partial charge in [0.25, 0.3) is 0 Å². The fraction of sp³-hybridized carbons (Fsp3) is 0.421. The maximum atomic E-state index is 5.66. The van der Waals surface area contributed by atoms with Crippen molar-refractivity contribution in [2.45, 2.75) is 32.9 Å². The average molecular weight is 328 g/mol. The lowest BCUT2D eigenvalue weighted by molar-refractivity contribution is 0.242. The standard InChI is InChI=1S/C19H28N4O/c1-16(2)24-18-8-6-17(7-9-18)10-11-21-19(20-3)22-12-15-23-13-4-5-14-23/h4-9,13-14,16H,10-12,15H2,1-3H3,(H2,20,21,22). The zero-order chi connectivity index (χ0) is 17.2. The van der Waals surface area contributed by atoms with Crippen LogP contribution in [0.4, 0.5) is 0 Å². The second-order valence-electron chi connectivity index (χ2n) is 5.91. The van der Waals surface area contributed by atoms with Crippen LogP contribution in [0.1, 0.15) is 19.4 Å². The molecule has 0 bridgehead atoms. The first-order chi connectivity index (χ1) is 11.7. The Morgan fingerprint density at radius 1 is 1.08 bits per heavy atom. The zero-order valence-corrected chi connectivity index (χ0v) is 14.8. The number of rotatable bonds is 8. The van der Waals surface area contributed by atoms with Crippen LogP contribution in [0.3, 0.4) is 0 Å². The minimum Gasteiger partial charge on any atom is -0.491 e. The average Bonchev–Trinajstić information content (AvgIpc) is 3.08. The lowest BCUT2D eigenvalue weighted by atomic mass is 10.1. The summed E-state index contributed by atoms with van der Waals surface area (Å²) in [5, 5.41) is 6.67. The normalized spacial score (nSPS) is 11.6. The van der Waals surface area contributed by atoms with E-state index in [2.05, 4.69) is 44.7 Å². The molecule has 0 radical (unpaired) electrons. The van der Waals surface area contributed by atoms with E-state index >= 15 is 0 Å². The Labute approximate surface area is 144 Å². The Morgan fingerprint density at radius 2 is 1.75 bits per heavy atom. The number of nitrogens with one attached hydrogen (secondary N) is 2. The van der Waals surface area contributed by atoms with Crippen LogP contribution in [0.2, 0.25) is 0 Å².